The Bertz CT molecular complexity index is 2310. The van der Waals surface area contributed by atoms with E-state index in [4.69, 9.17) is 0 Å². The second-order valence-corrected chi connectivity index (χ2v) is 11.3. The van der Waals surface area contributed by atoms with Crippen LogP contribution >= 0.6 is 0 Å². The highest BCUT2D eigenvalue weighted by molar-refractivity contribution is 6.10. The number of para-hydroxylation sites is 3. The SMILES string of the molecule is N#Cc1ccccc1-c1ccc(-c2ccc(-n3c4ccccc4c4cc(N(c5ccccc5)c5ccccc5)ccc43)cc2)cc1. The number of aromatic nitrogens is 1. The Morgan fingerprint density at radius 3 is 1.65 bits per heavy atom. The van der Waals surface area contributed by atoms with E-state index in [1.54, 1.807) is 0 Å². The standard InChI is InChI=1S/C43H29N3/c44-30-34-11-7-8-16-39(34)33-21-19-31(20-22-33)32-23-25-37(26-24-32)46-42-18-10-9-17-40(42)41-29-38(27-28-43(41)46)45(35-12-3-1-4-13-35)36-14-5-2-6-15-36/h1-29H. The predicted molar refractivity (Wildman–Crippen MR) is 191 cm³/mol. The van der Waals surface area contributed by atoms with Crippen LogP contribution in [0.1, 0.15) is 5.56 Å². The average Bonchev–Trinajstić information content (AvgIpc) is 3.46. The molecule has 0 atom stereocenters. The predicted octanol–water partition coefficient (Wildman–Crippen LogP) is 11.5. The Hall–Kier alpha value is -6.37. The van der Waals surface area contributed by atoms with E-state index in [1.807, 2.05) is 24.3 Å². The van der Waals surface area contributed by atoms with E-state index < -0.39 is 0 Å². The molecule has 1 heterocycles. The van der Waals surface area contributed by atoms with Gasteiger partial charge < -0.3 is 9.47 Å². The Morgan fingerprint density at radius 2 is 0.978 bits per heavy atom. The van der Waals surface area contributed by atoms with Gasteiger partial charge in [-0.05, 0) is 89.0 Å². The summed E-state index contributed by atoms with van der Waals surface area (Å²) >= 11 is 0. The van der Waals surface area contributed by atoms with Crippen LogP contribution in [0.25, 0.3) is 49.7 Å². The van der Waals surface area contributed by atoms with Gasteiger partial charge in [-0.15, -0.1) is 0 Å². The summed E-state index contributed by atoms with van der Waals surface area (Å²) in [7, 11) is 0. The zero-order chi connectivity index (χ0) is 30.9. The van der Waals surface area contributed by atoms with Crippen molar-refractivity contribution in [3.63, 3.8) is 0 Å². The molecule has 1 aromatic heterocycles. The van der Waals surface area contributed by atoms with Gasteiger partial charge in [0.1, 0.15) is 0 Å². The van der Waals surface area contributed by atoms with Crippen molar-refractivity contribution in [3.8, 4) is 34.0 Å². The second kappa shape index (κ2) is 11.6. The lowest BCUT2D eigenvalue weighted by Gasteiger charge is -2.25. The van der Waals surface area contributed by atoms with E-state index in [9.17, 15) is 5.26 Å². The highest BCUT2D eigenvalue weighted by Crippen LogP contribution is 2.39. The second-order valence-electron chi connectivity index (χ2n) is 11.3. The van der Waals surface area contributed by atoms with E-state index in [0.29, 0.717) is 5.56 Å². The van der Waals surface area contributed by atoms with Crippen LogP contribution in [0.3, 0.4) is 0 Å². The smallest absolute Gasteiger partial charge is 0.0998 e. The van der Waals surface area contributed by atoms with Gasteiger partial charge in [-0.3, -0.25) is 0 Å². The third-order valence-electron chi connectivity index (χ3n) is 8.65. The summed E-state index contributed by atoms with van der Waals surface area (Å²) < 4.78 is 2.36. The molecule has 0 spiro atoms. The zero-order valence-electron chi connectivity index (χ0n) is 25.1. The molecule has 7 aromatic carbocycles. The third-order valence-corrected chi connectivity index (χ3v) is 8.65. The summed E-state index contributed by atoms with van der Waals surface area (Å²) in [6.45, 7) is 0. The van der Waals surface area contributed by atoms with Crippen LogP contribution in [0.15, 0.2) is 176 Å². The molecule has 46 heavy (non-hydrogen) atoms. The van der Waals surface area contributed by atoms with Crippen molar-refractivity contribution in [1.82, 2.24) is 4.57 Å². The molecule has 0 saturated heterocycles. The lowest BCUT2D eigenvalue weighted by atomic mass is 9.97. The van der Waals surface area contributed by atoms with Crippen molar-refractivity contribution in [1.29, 1.82) is 5.26 Å². The molecule has 0 fully saturated rings. The molecule has 0 aliphatic rings. The number of hydrogen-bond donors (Lipinski definition) is 0. The number of fused-ring (bicyclic) bond motifs is 3. The Balaban J connectivity index is 1.19. The summed E-state index contributed by atoms with van der Waals surface area (Å²) in [6, 6.07) is 63.8. The molecule has 0 bridgehead atoms. The van der Waals surface area contributed by atoms with Gasteiger partial charge in [0.15, 0.2) is 0 Å². The monoisotopic (exact) mass is 587 g/mol. The Labute approximate surface area is 268 Å². The summed E-state index contributed by atoms with van der Waals surface area (Å²) in [5.74, 6) is 0. The van der Waals surface area contributed by atoms with Crippen molar-refractivity contribution in [2.75, 3.05) is 4.90 Å². The summed E-state index contributed by atoms with van der Waals surface area (Å²) in [5, 5.41) is 12.0. The quantitative estimate of drug-likeness (QED) is 0.194. The molecule has 8 rings (SSSR count). The maximum Gasteiger partial charge on any atom is 0.0998 e. The number of nitriles is 1. The number of nitrogens with zero attached hydrogens (tertiary/aromatic N) is 3. The molecule has 216 valence electrons. The minimum Gasteiger partial charge on any atom is -0.310 e. The fourth-order valence-electron chi connectivity index (χ4n) is 6.46. The first kappa shape index (κ1) is 27.2. The van der Waals surface area contributed by atoms with Crippen LogP contribution in [0.4, 0.5) is 17.1 Å². The van der Waals surface area contributed by atoms with E-state index in [0.717, 1.165) is 45.0 Å². The van der Waals surface area contributed by atoms with Gasteiger partial charge in [0.25, 0.3) is 0 Å². The van der Waals surface area contributed by atoms with Crippen LogP contribution in [0.5, 0.6) is 0 Å². The summed E-state index contributed by atoms with van der Waals surface area (Å²) in [4.78, 5) is 2.31. The molecule has 3 nitrogen and oxygen atoms in total. The molecule has 0 unspecified atom stereocenters. The first-order valence-electron chi connectivity index (χ1n) is 15.4. The van der Waals surface area contributed by atoms with Crippen molar-refractivity contribution < 1.29 is 0 Å². The van der Waals surface area contributed by atoms with E-state index >= 15 is 0 Å². The van der Waals surface area contributed by atoms with Crippen LogP contribution in [0, 0.1) is 11.3 Å². The fourth-order valence-corrected chi connectivity index (χ4v) is 6.46. The molecule has 0 radical (unpaired) electrons. The van der Waals surface area contributed by atoms with Crippen molar-refractivity contribution in [3.05, 3.63) is 181 Å². The molecule has 0 aliphatic carbocycles. The van der Waals surface area contributed by atoms with Crippen LogP contribution in [0.2, 0.25) is 0 Å². The molecule has 0 amide bonds. The number of anilines is 3. The lowest BCUT2D eigenvalue weighted by Crippen LogP contribution is -2.09. The van der Waals surface area contributed by atoms with Crippen LogP contribution in [-0.4, -0.2) is 4.57 Å². The molecule has 0 saturated carbocycles. The lowest BCUT2D eigenvalue weighted by molar-refractivity contribution is 1.18. The molecule has 0 N–H and O–H groups in total. The first-order chi connectivity index (χ1) is 22.8. The topological polar surface area (TPSA) is 32.0 Å². The van der Waals surface area contributed by atoms with Crippen LogP contribution < -0.4 is 4.90 Å². The van der Waals surface area contributed by atoms with E-state index in [-0.39, 0.29) is 0 Å². The number of rotatable bonds is 6. The molecule has 8 aromatic rings. The molecule has 3 heteroatoms. The highest BCUT2D eigenvalue weighted by atomic mass is 15.1. The van der Waals surface area contributed by atoms with Crippen molar-refractivity contribution in [2.45, 2.75) is 0 Å². The maximum atomic E-state index is 9.53. The molecule has 0 aliphatic heterocycles. The largest absolute Gasteiger partial charge is 0.310 e. The van der Waals surface area contributed by atoms with Crippen molar-refractivity contribution in [2.24, 2.45) is 0 Å². The fraction of sp³-hybridized carbons (Fsp3) is 0. The Kier molecular flexibility index (Phi) is 6.87. The van der Waals surface area contributed by atoms with Gasteiger partial charge in [-0.2, -0.15) is 5.26 Å². The molecular formula is C43H29N3. The van der Waals surface area contributed by atoms with Gasteiger partial charge in [-0.1, -0.05) is 109 Å². The normalized spacial score (nSPS) is 11.0. The van der Waals surface area contributed by atoms with E-state index in [1.165, 1.54) is 21.8 Å². The first-order valence-corrected chi connectivity index (χ1v) is 15.4. The van der Waals surface area contributed by atoms with Crippen LogP contribution in [-0.2, 0) is 0 Å². The number of benzene rings is 7. The van der Waals surface area contributed by atoms with E-state index in [2.05, 4.69) is 167 Å². The number of hydrogen-bond acceptors (Lipinski definition) is 2. The average molecular weight is 588 g/mol. The van der Waals surface area contributed by atoms with Crippen molar-refractivity contribution >= 4 is 38.9 Å². The van der Waals surface area contributed by atoms with Gasteiger partial charge in [0.05, 0.1) is 22.7 Å². The van der Waals surface area contributed by atoms with Gasteiger partial charge in [0.2, 0.25) is 0 Å². The van der Waals surface area contributed by atoms with Gasteiger partial charge in [0, 0.05) is 33.5 Å². The minimum atomic E-state index is 0.686. The summed E-state index contributed by atoms with van der Waals surface area (Å²) in [5.41, 5.74) is 11.8. The third kappa shape index (κ3) is 4.79. The maximum absolute atomic E-state index is 9.53. The Morgan fingerprint density at radius 1 is 0.435 bits per heavy atom. The highest BCUT2D eigenvalue weighted by Gasteiger charge is 2.17. The molecular weight excluding hydrogens is 558 g/mol. The summed E-state index contributed by atoms with van der Waals surface area (Å²) in [6.07, 6.45) is 0. The zero-order valence-corrected chi connectivity index (χ0v) is 25.1. The minimum absolute atomic E-state index is 0.686. The van der Waals surface area contributed by atoms with Gasteiger partial charge in [-0.25, -0.2) is 0 Å². The van der Waals surface area contributed by atoms with Gasteiger partial charge >= 0.3 is 0 Å².